The Hall–Kier alpha value is -0.700. The lowest BCUT2D eigenvalue weighted by Crippen LogP contribution is -2.54. The lowest BCUT2D eigenvalue weighted by Gasteiger charge is -2.60. The van der Waals surface area contributed by atoms with E-state index in [4.69, 9.17) is 0 Å². The van der Waals surface area contributed by atoms with Gasteiger partial charge in [-0.05, 0) is 62.7 Å². The van der Waals surface area contributed by atoms with Gasteiger partial charge in [0, 0.05) is 16.5 Å². The van der Waals surface area contributed by atoms with Gasteiger partial charge in [0.05, 0.1) is 6.42 Å². The maximum Gasteiger partial charge on any atom is 0.145 e. The summed E-state index contributed by atoms with van der Waals surface area (Å²) in [5.74, 6) is 2.14. The smallest absolute Gasteiger partial charge is 0.145 e. The second-order valence-corrected chi connectivity index (χ2v) is 8.98. The lowest BCUT2D eigenvalue weighted by atomic mass is 9.43. The van der Waals surface area contributed by atoms with E-state index in [1.165, 1.54) is 32.1 Å². The normalized spacial score (nSPS) is 42.1. The lowest BCUT2D eigenvalue weighted by molar-refractivity contribution is -0.152. The van der Waals surface area contributed by atoms with E-state index >= 15 is 0 Å². The van der Waals surface area contributed by atoms with Crippen LogP contribution in [0.1, 0.15) is 56.2 Å². The Labute approximate surface area is 125 Å². The van der Waals surface area contributed by atoms with Crippen molar-refractivity contribution in [3.8, 4) is 0 Å². The maximum absolute atomic E-state index is 13.0. The van der Waals surface area contributed by atoms with Crippen molar-refractivity contribution in [2.24, 2.45) is 22.7 Å². The minimum absolute atomic E-state index is 0.0123. The highest BCUT2D eigenvalue weighted by atomic mass is 32.1. The van der Waals surface area contributed by atoms with Crippen molar-refractivity contribution in [3.63, 3.8) is 0 Å². The average Bonchev–Trinajstić information content (AvgIpc) is 2.71. The van der Waals surface area contributed by atoms with Crippen molar-refractivity contribution < 1.29 is 4.79 Å². The van der Waals surface area contributed by atoms with Crippen LogP contribution in [0.25, 0.3) is 0 Å². The van der Waals surface area contributed by atoms with Crippen molar-refractivity contribution in [2.45, 2.75) is 58.8 Å². The summed E-state index contributed by atoms with van der Waals surface area (Å²) in [6.07, 6.45) is 8.19. The average molecular weight is 289 g/mol. The van der Waals surface area contributed by atoms with Gasteiger partial charge in [-0.3, -0.25) is 4.79 Å². The molecule has 3 heteroatoms. The molecule has 0 aromatic carbocycles. The summed E-state index contributed by atoms with van der Waals surface area (Å²) in [5, 5.41) is 3.08. The second kappa shape index (κ2) is 4.16. The zero-order valence-electron chi connectivity index (χ0n) is 12.4. The zero-order chi connectivity index (χ0) is 14.0. The van der Waals surface area contributed by atoms with Gasteiger partial charge in [0.2, 0.25) is 0 Å². The number of ketones is 1. The van der Waals surface area contributed by atoms with Crippen LogP contribution in [0.2, 0.25) is 0 Å². The molecule has 1 heterocycles. The van der Waals surface area contributed by atoms with Gasteiger partial charge in [-0.15, -0.1) is 11.3 Å². The molecule has 4 aliphatic carbocycles. The molecule has 1 aromatic rings. The number of carbonyl (C=O) groups is 1. The van der Waals surface area contributed by atoms with Crippen molar-refractivity contribution in [2.75, 3.05) is 0 Å². The summed E-state index contributed by atoms with van der Waals surface area (Å²) in [6.45, 7) is 4.44. The second-order valence-electron chi connectivity index (χ2n) is 8.03. The molecule has 4 bridgehead atoms. The third-order valence-electron chi connectivity index (χ3n) is 5.92. The minimum atomic E-state index is 0.0123. The zero-order valence-corrected chi connectivity index (χ0v) is 13.3. The molecule has 2 atom stereocenters. The van der Waals surface area contributed by atoms with Gasteiger partial charge < -0.3 is 0 Å². The fraction of sp³-hybridized carbons (Fsp3) is 0.765. The molecule has 0 saturated heterocycles. The summed E-state index contributed by atoms with van der Waals surface area (Å²) in [6, 6.07) is 0. The molecule has 0 spiro atoms. The van der Waals surface area contributed by atoms with Crippen LogP contribution in [0, 0.1) is 29.6 Å². The molecule has 0 N–H and O–H groups in total. The number of rotatable bonds is 3. The molecule has 4 saturated carbocycles. The van der Waals surface area contributed by atoms with Gasteiger partial charge in [0.25, 0.3) is 0 Å². The van der Waals surface area contributed by atoms with Crippen molar-refractivity contribution >= 4 is 17.1 Å². The SMILES string of the molecule is Cc1csc(CC(=O)C23CC4CC(CC(C)(C4)C2)C3)n1. The largest absolute Gasteiger partial charge is 0.299 e. The van der Waals surface area contributed by atoms with Crippen molar-refractivity contribution in [1.82, 2.24) is 4.98 Å². The first-order valence-electron chi connectivity index (χ1n) is 7.91. The van der Waals surface area contributed by atoms with Crippen LogP contribution >= 0.6 is 11.3 Å². The first-order chi connectivity index (χ1) is 9.46. The Bertz CT molecular complexity index is 547. The predicted molar refractivity (Wildman–Crippen MR) is 80.8 cm³/mol. The highest BCUT2D eigenvalue weighted by Crippen LogP contribution is 2.65. The number of thiazole rings is 1. The molecular formula is C17H23NOS. The van der Waals surface area contributed by atoms with Gasteiger partial charge in [-0.25, -0.2) is 4.98 Å². The summed E-state index contributed by atoms with van der Waals surface area (Å²) in [4.78, 5) is 17.5. The number of carbonyl (C=O) groups excluding carboxylic acids is 1. The molecule has 4 fully saturated rings. The van der Waals surface area contributed by atoms with Gasteiger partial charge >= 0.3 is 0 Å². The Morgan fingerprint density at radius 1 is 1.35 bits per heavy atom. The number of aromatic nitrogens is 1. The third kappa shape index (κ3) is 1.97. The van der Waals surface area contributed by atoms with Gasteiger partial charge in [-0.1, -0.05) is 6.92 Å². The van der Waals surface area contributed by atoms with Gasteiger partial charge in [0.1, 0.15) is 10.8 Å². The quantitative estimate of drug-likeness (QED) is 0.836. The number of aryl methyl sites for hydroxylation is 1. The predicted octanol–water partition coefficient (Wildman–Crippen LogP) is 4.17. The Kier molecular flexibility index (Phi) is 2.70. The Balaban J connectivity index is 1.59. The van der Waals surface area contributed by atoms with E-state index in [0.717, 1.165) is 29.0 Å². The number of nitrogens with zero attached hydrogens (tertiary/aromatic N) is 1. The van der Waals surface area contributed by atoms with E-state index in [0.29, 0.717) is 17.6 Å². The number of hydrogen-bond acceptors (Lipinski definition) is 3. The van der Waals surface area contributed by atoms with Crippen molar-refractivity contribution in [1.29, 1.82) is 0 Å². The fourth-order valence-corrected chi connectivity index (χ4v) is 6.63. The molecule has 5 rings (SSSR count). The van der Waals surface area contributed by atoms with Crippen LogP contribution in [0.15, 0.2) is 5.38 Å². The first kappa shape index (κ1) is 13.0. The molecule has 4 aliphatic rings. The van der Waals surface area contributed by atoms with Crippen LogP contribution in [-0.4, -0.2) is 10.8 Å². The fourth-order valence-electron chi connectivity index (χ4n) is 5.86. The highest BCUT2D eigenvalue weighted by Gasteiger charge is 2.58. The van der Waals surface area contributed by atoms with E-state index in [2.05, 4.69) is 17.3 Å². The van der Waals surface area contributed by atoms with E-state index < -0.39 is 0 Å². The van der Waals surface area contributed by atoms with E-state index in [-0.39, 0.29) is 5.41 Å². The topological polar surface area (TPSA) is 30.0 Å². The molecule has 0 amide bonds. The van der Waals surface area contributed by atoms with Crippen LogP contribution < -0.4 is 0 Å². The Morgan fingerprint density at radius 2 is 2.05 bits per heavy atom. The molecule has 20 heavy (non-hydrogen) atoms. The Morgan fingerprint density at radius 3 is 2.60 bits per heavy atom. The van der Waals surface area contributed by atoms with E-state index in [1.807, 2.05) is 6.92 Å². The van der Waals surface area contributed by atoms with Crippen LogP contribution in [-0.2, 0) is 11.2 Å². The van der Waals surface area contributed by atoms with E-state index in [9.17, 15) is 4.79 Å². The summed E-state index contributed by atoms with van der Waals surface area (Å²) in [7, 11) is 0. The molecule has 2 unspecified atom stereocenters. The monoisotopic (exact) mass is 289 g/mol. The van der Waals surface area contributed by atoms with Crippen LogP contribution in [0.4, 0.5) is 0 Å². The molecular weight excluding hydrogens is 266 g/mol. The highest BCUT2D eigenvalue weighted by molar-refractivity contribution is 7.09. The standard InChI is InChI=1S/C17H23NOS/c1-11-9-20-15(18-11)4-14(19)17-7-12-3-13(8-17)6-16(2,5-12)10-17/h9,12-13H,3-8,10H2,1-2H3. The molecule has 0 radical (unpaired) electrons. The van der Waals surface area contributed by atoms with Gasteiger partial charge in [-0.2, -0.15) is 0 Å². The summed E-state index contributed by atoms with van der Waals surface area (Å²) in [5.41, 5.74) is 1.52. The summed E-state index contributed by atoms with van der Waals surface area (Å²) < 4.78 is 0. The van der Waals surface area contributed by atoms with Crippen LogP contribution in [0.3, 0.4) is 0 Å². The first-order valence-corrected chi connectivity index (χ1v) is 8.79. The van der Waals surface area contributed by atoms with E-state index in [1.54, 1.807) is 11.3 Å². The molecule has 2 nitrogen and oxygen atoms in total. The molecule has 108 valence electrons. The summed E-state index contributed by atoms with van der Waals surface area (Å²) >= 11 is 1.65. The maximum atomic E-state index is 13.0. The van der Waals surface area contributed by atoms with Crippen LogP contribution in [0.5, 0.6) is 0 Å². The van der Waals surface area contributed by atoms with Gasteiger partial charge in [0.15, 0.2) is 0 Å². The minimum Gasteiger partial charge on any atom is -0.299 e. The molecule has 1 aromatic heterocycles. The molecule has 0 aliphatic heterocycles. The number of Topliss-reactive ketones (excluding diaryl/α,β-unsaturated/α-hetero) is 1. The van der Waals surface area contributed by atoms with Crippen molar-refractivity contribution in [3.05, 3.63) is 16.1 Å². The number of hydrogen-bond donors (Lipinski definition) is 0. The third-order valence-corrected chi connectivity index (χ3v) is 6.89.